The van der Waals surface area contributed by atoms with E-state index < -0.39 is 0 Å². The van der Waals surface area contributed by atoms with Gasteiger partial charge in [0.1, 0.15) is 11.6 Å². The number of Topliss-reactive ketones (excluding diaryl/α,β-unsaturated/α-hetero) is 2. The molecular weight excluding hydrogens is 276 g/mol. The fourth-order valence-corrected chi connectivity index (χ4v) is 6.81. The molecule has 122 valence electrons. The zero-order chi connectivity index (χ0) is 15.7. The molecule has 3 heteroatoms. The molecule has 0 unspecified atom stereocenters. The van der Waals surface area contributed by atoms with Gasteiger partial charge in [-0.2, -0.15) is 0 Å². The number of fused-ring (bicyclic) bond motifs is 5. The first-order valence-electron chi connectivity index (χ1n) is 9.09. The van der Waals surface area contributed by atoms with Crippen molar-refractivity contribution in [3.8, 4) is 0 Å². The largest absolute Gasteiger partial charge is 0.393 e. The second-order valence-corrected chi connectivity index (χ2v) is 8.99. The minimum absolute atomic E-state index is 0.0225. The molecule has 4 aliphatic rings. The van der Waals surface area contributed by atoms with Crippen LogP contribution in [0.2, 0.25) is 0 Å². The molecule has 22 heavy (non-hydrogen) atoms. The maximum absolute atomic E-state index is 12.8. The zero-order valence-electron chi connectivity index (χ0n) is 13.8. The number of hydrogen-bond donors (Lipinski definition) is 1. The summed E-state index contributed by atoms with van der Waals surface area (Å²) in [6, 6.07) is 0. The van der Waals surface area contributed by atoms with Crippen LogP contribution in [-0.2, 0) is 9.59 Å². The molecule has 0 spiro atoms. The predicted octanol–water partition coefficient (Wildman–Crippen LogP) is 3.14. The van der Waals surface area contributed by atoms with Gasteiger partial charge >= 0.3 is 0 Å². The first-order chi connectivity index (χ1) is 10.4. The molecule has 4 saturated carbocycles. The van der Waals surface area contributed by atoms with E-state index in [0.717, 1.165) is 32.1 Å². The topological polar surface area (TPSA) is 54.4 Å². The Bertz CT molecular complexity index is 527. The standard InChI is InChI=1S/C19H28O3/c1-18-7-5-11(20)9-15(18)16(21)10-12-13-3-4-17(22)19(13,2)8-6-14(12)18/h12-15,17,22H,3-10H2,1-2H3/t12-,13-,14-,15-,17-,18+,19-/m0/s1. The first kappa shape index (κ1) is 14.9. The van der Waals surface area contributed by atoms with Crippen molar-refractivity contribution >= 4 is 11.6 Å². The number of aliphatic hydroxyl groups excluding tert-OH is 1. The molecule has 4 rings (SSSR count). The third-order valence-electron chi connectivity index (χ3n) is 8.23. The van der Waals surface area contributed by atoms with E-state index in [-0.39, 0.29) is 28.6 Å². The van der Waals surface area contributed by atoms with Crippen LogP contribution in [0, 0.1) is 34.5 Å². The van der Waals surface area contributed by atoms with Gasteiger partial charge in [-0.15, -0.1) is 0 Å². The lowest BCUT2D eigenvalue weighted by atomic mass is 9.45. The number of carbonyl (C=O) groups is 2. The summed E-state index contributed by atoms with van der Waals surface area (Å²) in [5, 5.41) is 10.4. The Balaban J connectivity index is 1.69. The minimum atomic E-state index is -0.188. The van der Waals surface area contributed by atoms with E-state index in [2.05, 4.69) is 13.8 Å². The Hall–Kier alpha value is -0.700. The molecule has 0 bridgehead atoms. The van der Waals surface area contributed by atoms with Gasteiger partial charge in [0.25, 0.3) is 0 Å². The lowest BCUT2D eigenvalue weighted by Crippen LogP contribution is -2.57. The molecule has 0 aliphatic heterocycles. The Labute approximate surface area is 132 Å². The van der Waals surface area contributed by atoms with Gasteiger partial charge in [-0.1, -0.05) is 13.8 Å². The fraction of sp³-hybridized carbons (Fsp3) is 0.895. The normalized spacial score (nSPS) is 54.6. The van der Waals surface area contributed by atoms with E-state index in [9.17, 15) is 14.7 Å². The monoisotopic (exact) mass is 304 g/mol. The van der Waals surface area contributed by atoms with Crippen molar-refractivity contribution < 1.29 is 14.7 Å². The average molecular weight is 304 g/mol. The maximum atomic E-state index is 12.8. The van der Waals surface area contributed by atoms with Gasteiger partial charge < -0.3 is 5.11 Å². The summed E-state index contributed by atoms with van der Waals surface area (Å²) in [6.07, 6.45) is 6.71. The highest BCUT2D eigenvalue weighted by molar-refractivity contribution is 5.90. The lowest BCUT2D eigenvalue weighted by Gasteiger charge is -2.59. The summed E-state index contributed by atoms with van der Waals surface area (Å²) in [5.74, 6) is 2.12. The van der Waals surface area contributed by atoms with Gasteiger partial charge in [0.2, 0.25) is 0 Å². The highest BCUT2D eigenvalue weighted by atomic mass is 16.3. The molecule has 7 atom stereocenters. The van der Waals surface area contributed by atoms with E-state index in [4.69, 9.17) is 0 Å². The highest BCUT2D eigenvalue weighted by Gasteiger charge is 2.62. The Kier molecular flexibility index (Phi) is 3.15. The van der Waals surface area contributed by atoms with Crippen LogP contribution in [0.15, 0.2) is 0 Å². The molecule has 0 radical (unpaired) electrons. The summed E-state index contributed by atoms with van der Waals surface area (Å²) in [7, 11) is 0. The van der Waals surface area contributed by atoms with E-state index >= 15 is 0 Å². The Morgan fingerprint density at radius 3 is 2.45 bits per heavy atom. The van der Waals surface area contributed by atoms with Crippen LogP contribution >= 0.6 is 0 Å². The first-order valence-corrected chi connectivity index (χ1v) is 9.09. The number of rotatable bonds is 0. The smallest absolute Gasteiger partial charge is 0.137 e. The summed E-state index contributed by atoms with van der Waals surface area (Å²) < 4.78 is 0. The van der Waals surface area contributed by atoms with Crippen LogP contribution < -0.4 is 0 Å². The van der Waals surface area contributed by atoms with Crippen molar-refractivity contribution in [1.29, 1.82) is 0 Å². The molecule has 0 aromatic rings. The van der Waals surface area contributed by atoms with Crippen LogP contribution in [0.3, 0.4) is 0 Å². The van der Waals surface area contributed by atoms with E-state index in [0.29, 0.717) is 42.8 Å². The zero-order valence-corrected chi connectivity index (χ0v) is 13.8. The van der Waals surface area contributed by atoms with E-state index in [1.807, 2.05) is 0 Å². The van der Waals surface area contributed by atoms with E-state index in [1.165, 1.54) is 0 Å². The Morgan fingerprint density at radius 2 is 1.68 bits per heavy atom. The van der Waals surface area contributed by atoms with Gasteiger partial charge in [0.05, 0.1) is 6.10 Å². The molecule has 1 N–H and O–H groups in total. The third kappa shape index (κ3) is 1.78. The molecule has 3 nitrogen and oxygen atoms in total. The number of hydrogen-bond acceptors (Lipinski definition) is 3. The van der Waals surface area contributed by atoms with Crippen molar-refractivity contribution in [2.45, 2.75) is 71.3 Å². The van der Waals surface area contributed by atoms with E-state index in [1.54, 1.807) is 0 Å². The van der Waals surface area contributed by atoms with Crippen molar-refractivity contribution in [3.63, 3.8) is 0 Å². The van der Waals surface area contributed by atoms with Gasteiger partial charge in [0.15, 0.2) is 0 Å². The molecule has 0 aromatic heterocycles. The third-order valence-corrected chi connectivity index (χ3v) is 8.23. The average Bonchev–Trinajstić information content (AvgIpc) is 2.77. The van der Waals surface area contributed by atoms with Crippen LogP contribution in [0.4, 0.5) is 0 Å². The summed E-state index contributed by atoms with van der Waals surface area (Å²) in [6.45, 7) is 4.53. The second kappa shape index (κ2) is 4.66. The molecular formula is C19H28O3. The molecule has 0 heterocycles. The van der Waals surface area contributed by atoms with Gasteiger partial charge in [-0.25, -0.2) is 0 Å². The molecule has 0 saturated heterocycles. The SMILES string of the molecule is C[C@]12CCC(=O)C[C@H]1C(=O)C[C@@H]1[C@@H]2CC[C@]2(C)[C@@H](O)CC[C@@H]12. The second-order valence-electron chi connectivity index (χ2n) is 8.99. The number of carbonyl (C=O) groups excluding carboxylic acids is 2. The van der Waals surface area contributed by atoms with Gasteiger partial charge in [0, 0.05) is 25.2 Å². The van der Waals surface area contributed by atoms with Crippen LogP contribution in [0.1, 0.15) is 65.2 Å². The van der Waals surface area contributed by atoms with Gasteiger partial charge in [-0.05, 0) is 60.7 Å². The van der Waals surface area contributed by atoms with Crippen molar-refractivity contribution in [3.05, 3.63) is 0 Å². The lowest BCUT2D eigenvalue weighted by molar-refractivity contribution is -0.160. The Morgan fingerprint density at radius 1 is 0.955 bits per heavy atom. The van der Waals surface area contributed by atoms with Crippen LogP contribution in [-0.4, -0.2) is 22.8 Å². The molecule has 0 aromatic carbocycles. The van der Waals surface area contributed by atoms with Gasteiger partial charge in [-0.3, -0.25) is 9.59 Å². The summed E-state index contributed by atoms with van der Waals surface area (Å²) in [4.78, 5) is 24.7. The van der Waals surface area contributed by atoms with Crippen LogP contribution in [0.5, 0.6) is 0 Å². The molecule has 0 amide bonds. The van der Waals surface area contributed by atoms with Crippen LogP contribution in [0.25, 0.3) is 0 Å². The number of ketones is 2. The predicted molar refractivity (Wildman–Crippen MR) is 83.1 cm³/mol. The summed E-state index contributed by atoms with van der Waals surface area (Å²) >= 11 is 0. The minimum Gasteiger partial charge on any atom is -0.393 e. The maximum Gasteiger partial charge on any atom is 0.137 e. The number of aliphatic hydroxyl groups is 1. The highest BCUT2D eigenvalue weighted by Crippen LogP contribution is 2.65. The van der Waals surface area contributed by atoms with Crippen molar-refractivity contribution in [2.24, 2.45) is 34.5 Å². The fourth-order valence-electron chi connectivity index (χ4n) is 6.81. The van der Waals surface area contributed by atoms with Crippen molar-refractivity contribution in [2.75, 3.05) is 0 Å². The summed E-state index contributed by atoms with van der Waals surface area (Å²) in [5.41, 5.74) is 0.0535. The van der Waals surface area contributed by atoms with Crippen molar-refractivity contribution in [1.82, 2.24) is 0 Å². The molecule has 4 aliphatic carbocycles. The quantitative estimate of drug-likeness (QED) is 0.748. The molecule has 4 fully saturated rings.